The monoisotopic (exact) mass is 317 g/mol. The average molecular weight is 318 g/mol. The molecule has 0 heterocycles. The van der Waals surface area contributed by atoms with Crippen molar-refractivity contribution >= 4 is 35.1 Å². The Morgan fingerprint density at radius 2 is 1.80 bits per heavy atom. The van der Waals surface area contributed by atoms with Crippen molar-refractivity contribution in [3.63, 3.8) is 0 Å². The lowest BCUT2D eigenvalue weighted by atomic mass is 10.2. The van der Waals surface area contributed by atoms with E-state index in [1.165, 1.54) is 7.11 Å². The van der Waals surface area contributed by atoms with Crippen LogP contribution in [-0.4, -0.2) is 25.5 Å². The molecule has 20 heavy (non-hydrogen) atoms. The molecule has 0 aliphatic carbocycles. The summed E-state index contributed by atoms with van der Waals surface area (Å²) in [5, 5.41) is 3.43. The number of unbranched alkanes of at least 4 members (excludes halogenated alkanes) is 2. The second-order valence-corrected chi connectivity index (χ2v) is 5.05. The van der Waals surface area contributed by atoms with Gasteiger partial charge in [0.05, 0.1) is 22.7 Å². The third-order valence-corrected chi connectivity index (χ3v) is 3.39. The first-order valence-electron chi connectivity index (χ1n) is 6.35. The van der Waals surface area contributed by atoms with Crippen molar-refractivity contribution in [3.8, 4) is 0 Å². The van der Waals surface area contributed by atoms with Crippen LogP contribution >= 0.6 is 23.2 Å². The zero-order valence-corrected chi connectivity index (χ0v) is 12.8. The van der Waals surface area contributed by atoms with Gasteiger partial charge in [0, 0.05) is 13.0 Å². The summed E-state index contributed by atoms with van der Waals surface area (Å²) < 4.78 is 4.54. The van der Waals surface area contributed by atoms with Gasteiger partial charge < -0.3 is 10.1 Å². The fourth-order valence-electron chi connectivity index (χ4n) is 1.68. The molecule has 110 valence electrons. The molecule has 0 radical (unpaired) electrons. The zero-order valence-electron chi connectivity index (χ0n) is 11.2. The lowest BCUT2D eigenvalue weighted by Crippen LogP contribution is -2.25. The number of hydrogen-bond acceptors (Lipinski definition) is 3. The van der Waals surface area contributed by atoms with Gasteiger partial charge in [-0.25, -0.2) is 0 Å². The standard InChI is InChI=1S/C14H17Cl2NO3/c1-20-12(18)8-3-2-4-9-17-14(19)13-10(15)6-5-7-11(13)16/h5-7H,2-4,8-9H2,1H3,(H,17,19). The van der Waals surface area contributed by atoms with Crippen molar-refractivity contribution in [1.82, 2.24) is 5.32 Å². The van der Waals surface area contributed by atoms with Crippen molar-refractivity contribution < 1.29 is 14.3 Å². The molecule has 0 saturated heterocycles. The van der Waals surface area contributed by atoms with Crippen molar-refractivity contribution in [2.24, 2.45) is 0 Å². The number of benzene rings is 1. The number of halogens is 2. The van der Waals surface area contributed by atoms with Gasteiger partial charge in [0.25, 0.3) is 5.91 Å². The summed E-state index contributed by atoms with van der Waals surface area (Å²) in [7, 11) is 1.37. The summed E-state index contributed by atoms with van der Waals surface area (Å²) in [6.07, 6.45) is 2.77. The topological polar surface area (TPSA) is 55.4 Å². The summed E-state index contributed by atoms with van der Waals surface area (Å²) in [5.41, 5.74) is 0.297. The van der Waals surface area contributed by atoms with Crippen LogP contribution in [0.15, 0.2) is 18.2 Å². The summed E-state index contributed by atoms with van der Waals surface area (Å²) in [5.74, 6) is -0.495. The predicted molar refractivity (Wildman–Crippen MR) is 79.3 cm³/mol. The maximum Gasteiger partial charge on any atom is 0.305 e. The number of esters is 1. The normalized spacial score (nSPS) is 10.2. The highest BCUT2D eigenvalue weighted by molar-refractivity contribution is 6.39. The molecule has 0 spiro atoms. The Hall–Kier alpha value is -1.26. The quantitative estimate of drug-likeness (QED) is 0.619. The Bertz CT molecular complexity index is 457. The Morgan fingerprint density at radius 1 is 1.15 bits per heavy atom. The van der Waals surface area contributed by atoms with Gasteiger partial charge in [0.1, 0.15) is 0 Å². The van der Waals surface area contributed by atoms with Crippen molar-refractivity contribution in [3.05, 3.63) is 33.8 Å². The third kappa shape index (κ3) is 5.39. The number of methoxy groups -OCH3 is 1. The second kappa shape index (κ2) is 8.82. The SMILES string of the molecule is COC(=O)CCCCCNC(=O)c1c(Cl)cccc1Cl. The fraction of sp³-hybridized carbons (Fsp3) is 0.429. The van der Waals surface area contributed by atoms with Gasteiger partial charge in [-0.2, -0.15) is 0 Å². The minimum absolute atomic E-state index is 0.211. The molecule has 0 atom stereocenters. The van der Waals surface area contributed by atoms with E-state index in [4.69, 9.17) is 23.2 Å². The van der Waals surface area contributed by atoms with E-state index < -0.39 is 0 Å². The lowest BCUT2D eigenvalue weighted by Gasteiger charge is -2.08. The lowest BCUT2D eigenvalue weighted by molar-refractivity contribution is -0.140. The van der Waals surface area contributed by atoms with E-state index in [1.807, 2.05) is 0 Å². The number of carbonyl (C=O) groups excluding carboxylic acids is 2. The first-order valence-corrected chi connectivity index (χ1v) is 7.11. The molecule has 1 aromatic carbocycles. The van der Waals surface area contributed by atoms with Crippen LogP contribution in [0.25, 0.3) is 0 Å². The minimum Gasteiger partial charge on any atom is -0.469 e. The van der Waals surface area contributed by atoms with E-state index in [-0.39, 0.29) is 11.9 Å². The maximum absolute atomic E-state index is 11.9. The molecule has 0 saturated carbocycles. The van der Waals surface area contributed by atoms with E-state index >= 15 is 0 Å². The third-order valence-electron chi connectivity index (χ3n) is 2.76. The van der Waals surface area contributed by atoms with Crippen LogP contribution in [0, 0.1) is 0 Å². The van der Waals surface area contributed by atoms with Crippen molar-refractivity contribution in [2.75, 3.05) is 13.7 Å². The number of hydrogen-bond donors (Lipinski definition) is 1. The minimum atomic E-state index is -0.284. The van der Waals surface area contributed by atoms with Gasteiger partial charge in [-0.05, 0) is 25.0 Å². The van der Waals surface area contributed by atoms with Crippen LogP contribution in [0.3, 0.4) is 0 Å². The van der Waals surface area contributed by atoms with Gasteiger partial charge in [-0.15, -0.1) is 0 Å². The number of amides is 1. The summed E-state index contributed by atoms with van der Waals surface area (Å²) in [4.78, 5) is 22.8. The van der Waals surface area contributed by atoms with Crippen LogP contribution in [0.4, 0.5) is 0 Å². The van der Waals surface area contributed by atoms with Gasteiger partial charge in [0.15, 0.2) is 0 Å². The van der Waals surface area contributed by atoms with Crippen molar-refractivity contribution in [1.29, 1.82) is 0 Å². The molecule has 0 bridgehead atoms. The van der Waals surface area contributed by atoms with E-state index in [2.05, 4.69) is 10.1 Å². The van der Waals surface area contributed by atoms with Gasteiger partial charge in [-0.1, -0.05) is 35.7 Å². The second-order valence-electron chi connectivity index (χ2n) is 4.24. The molecule has 0 aliphatic rings. The van der Waals surface area contributed by atoms with Gasteiger partial charge in [-0.3, -0.25) is 9.59 Å². The predicted octanol–water partition coefficient (Wildman–Crippen LogP) is 3.46. The van der Waals surface area contributed by atoms with Gasteiger partial charge >= 0.3 is 5.97 Å². The molecule has 0 unspecified atom stereocenters. The molecule has 0 aromatic heterocycles. The zero-order chi connectivity index (χ0) is 15.0. The van der Waals surface area contributed by atoms with Crippen molar-refractivity contribution in [2.45, 2.75) is 25.7 Å². The number of rotatable bonds is 7. The summed E-state index contributed by atoms with van der Waals surface area (Å²) in [6.45, 7) is 0.515. The van der Waals surface area contributed by atoms with E-state index in [1.54, 1.807) is 18.2 Å². The number of carbonyl (C=O) groups is 2. The van der Waals surface area contributed by atoms with Crippen LogP contribution in [-0.2, 0) is 9.53 Å². The molecule has 0 fully saturated rings. The number of nitrogens with one attached hydrogen (secondary N) is 1. The first-order chi connectivity index (χ1) is 9.56. The van der Waals surface area contributed by atoms with E-state index in [9.17, 15) is 9.59 Å². The highest BCUT2D eigenvalue weighted by atomic mass is 35.5. The van der Waals surface area contributed by atoms with Crippen LogP contribution in [0.5, 0.6) is 0 Å². The molecule has 1 aromatic rings. The Balaban J connectivity index is 2.29. The Morgan fingerprint density at radius 3 is 2.40 bits per heavy atom. The maximum atomic E-state index is 11.9. The van der Waals surface area contributed by atoms with Crippen LogP contribution < -0.4 is 5.32 Å². The molecule has 0 aliphatic heterocycles. The van der Waals surface area contributed by atoms with Gasteiger partial charge in [0.2, 0.25) is 0 Å². The highest BCUT2D eigenvalue weighted by Gasteiger charge is 2.13. The van der Waals surface area contributed by atoms with Crippen LogP contribution in [0.1, 0.15) is 36.0 Å². The first kappa shape index (κ1) is 16.8. The largest absolute Gasteiger partial charge is 0.469 e. The average Bonchev–Trinajstić information content (AvgIpc) is 2.42. The molecule has 1 N–H and O–H groups in total. The summed E-state index contributed by atoms with van der Waals surface area (Å²) in [6, 6.07) is 4.94. The molecule has 4 nitrogen and oxygen atoms in total. The fourth-order valence-corrected chi connectivity index (χ4v) is 2.25. The summed E-state index contributed by atoms with van der Waals surface area (Å²) >= 11 is 11.9. The molecular formula is C14H17Cl2NO3. The smallest absolute Gasteiger partial charge is 0.305 e. The number of ether oxygens (including phenoxy) is 1. The molecule has 6 heteroatoms. The Labute approximate surface area is 128 Å². The molecule has 1 amide bonds. The van der Waals surface area contributed by atoms with Crippen LogP contribution in [0.2, 0.25) is 10.0 Å². The van der Waals surface area contributed by atoms with E-state index in [0.717, 1.165) is 19.3 Å². The highest BCUT2D eigenvalue weighted by Crippen LogP contribution is 2.23. The Kier molecular flexibility index (Phi) is 7.41. The molecule has 1 rings (SSSR count). The van der Waals surface area contributed by atoms with E-state index in [0.29, 0.717) is 28.6 Å². The molecular weight excluding hydrogens is 301 g/mol.